The minimum absolute atomic E-state index is 0.00213. The molecule has 5 nitrogen and oxygen atoms in total. The summed E-state index contributed by atoms with van der Waals surface area (Å²) in [6.07, 6.45) is 3.40. The molecule has 1 aliphatic heterocycles. The third-order valence-corrected chi connectivity index (χ3v) is 4.15. The normalized spacial score (nSPS) is 13.8. The van der Waals surface area contributed by atoms with Crippen LogP contribution >= 0.6 is 0 Å². The molecule has 0 atom stereocenters. The Bertz CT molecular complexity index is 861. The van der Waals surface area contributed by atoms with E-state index in [1.165, 1.54) is 0 Å². The average molecular weight is 346 g/mol. The van der Waals surface area contributed by atoms with E-state index >= 15 is 0 Å². The summed E-state index contributed by atoms with van der Waals surface area (Å²) in [4.78, 5) is 18.3. The van der Waals surface area contributed by atoms with E-state index in [2.05, 4.69) is 4.98 Å². The molecule has 1 amide bonds. The summed E-state index contributed by atoms with van der Waals surface area (Å²) in [6.45, 7) is 1.16. The molecule has 0 spiro atoms. The van der Waals surface area contributed by atoms with Gasteiger partial charge in [-0.05, 0) is 48.5 Å². The van der Waals surface area contributed by atoms with Gasteiger partial charge in [-0.25, -0.2) is 0 Å². The molecule has 2 heterocycles. The lowest BCUT2D eigenvalue weighted by molar-refractivity contribution is 0.0176. The second kappa shape index (κ2) is 7.27. The Morgan fingerprint density at radius 3 is 2.27 bits per heavy atom. The predicted octanol–water partition coefficient (Wildman–Crippen LogP) is 3.78. The van der Waals surface area contributed by atoms with Gasteiger partial charge in [-0.15, -0.1) is 0 Å². The zero-order chi connectivity index (χ0) is 17.8. The number of benzene rings is 2. The summed E-state index contributed by atoms with van der Waals surface area (Å²) in [5.41, 5.74) is 0.644. The number of carbonyl (C=O) groups excluding carboxylic acids is 1. The molecule has 0 saturated carbocycles. The molecular formula is C21H18N2O3. The van der Waals surface area contributed by atoms with Crippen LogP contribution in [0.15, 0.2) is 79.1 Å². The Balaban J connectivity index is 1.31. The topological polar surface area (TPSA) is 51.7 Å². The molecule has 26 heavy (non-hydrogen) atoms. The molecule has 1 aliphatic rings. The van der Waals surface area contributed by atoms with Crippen LogP contribution in [0, 0.1) is 0 Å². The predicted molar refractivity (Wildman–Crippen MR) is 97.5 cm³/mol. The lowest BCUT2D eigenvalue weighted by Crippen LogP contribution is -2.56. The van der Waals surface area contributed by atoms with Crippen molar-refractivity contribution in [1.29, 1.82) is 0 Å². The Morgan fingerprint density at radius 2 is 1.58 bits per heavy atom. The van der Waals surface area contributed by atoms with Crippen molar-refractivity contribution in [3.63, 3.8) is 0 Å². The van der Waals surface area contributed by atoms with Gasteiger partial charge in [-0.3, -0.25) is 9.78 Å². The molecule has 2 aromatic carbocycles. The van der Waals surface area contributed by atoms with Crippen molar-refractivity contribution in [3.05, 3.63) is 84.7 Å². The highest BCUT2D eigenvalue weighted by Gasteiger charge is 2.32. The van der Waals surface area contributed by atoms with E-state index in [9.17, 15) is 4.79 Å². The number of ether oxygens (including phenoxy) is 2. The van der Waals surface area contributed by atoms with Crippen LogP contribution < -0.4 is 9.47 Å². The highest BCUT2D eigenvalue weighted by atomic mass is 16.5. The summed E-state index contributed by atoms with van der Waals surface area (Å²) in [7, 11) is 0. The van der Waals surface area contributed by atoms with Crippen molar-refractivity contribution in [2.75, 3.05) is 13.1 Å². The van der Waals surface area contributed by atoms with E-state index in [1.54, 1.807) is 29.4 Å². The Kier molecular flexibility index (Phi) is 4.51. The molecule has 1 aromatic heterocycles. The number of hydrogen-bond donors (Lipinski definition) is 0. The van der Waals surface area contributed by atoms with E-state index in [-0.39, 0.29) is 12.0 Å². The molecule has 4 rings (SSSR count). The van der Waals surface area contributed by atoms with Gasteiger partial charge < -0.3 is 14.4 Å². The minimum atomic E-state index is 0.00213. The van der Waals surface area contributed by atoms with Crippen molar-refractivity contribution in [1.82, 2.24) is 9.88 Å². The second-order valence-corrected chi connectivity index (χ2v) is 6.08. The van der Waals surface area contributed by atoms with Crippen LogP contribution in [0.1, 0.15) is 10.4 Å². The molecule has 0 aliphatic carbocycles. The zero-order valence-electron chi connectivity index (χ0n) is 14.1. The standard InChI is InChI=1S/C21H18N2O3/c24-21(23-14-20(15-23)26-19-7-4-12-22-13-19)16-8-10-18(11-9-16)25-17-5-2-1-3-6-17/h1-13,20H,14-15H2. The number of likely N-dealkylation sites (tertiary alicyclic amines) is 1. The Hall–Kier alpha value is -3.34. The molecule has 1 saturated heterocycles. The number of para-hydroxylation sites is 1. The lowest BCUT2D eigenvalue weighted by atomic mass is 10.1. The van der Waals surface area contributed by atoms with Crippen molar-refractivity contribution < 1.29 is 14.3 Å². The summed E-state index contributed by atoms with van der Waals surface area (Å²) in [5.74, 6) is 2.20. The fourth-order valence-electron chi connectivity index (χ4n) is 2.76. The van der Waals surface area contributed by atoms with Gasteiger partial charge >= 0.3 is 0 Å². The first kappa shape index (κ1) is 16.1. The Morgan fingerprint density at radius 1 is 0.885 bits per heavy atom. The second-order valence-electron chi connectivity index (χ2n) is 6.08. The van der Waals surface area contributed by atoms with Gasteiger partial charge in [-0.1, -0.05) is 18.2 Å². The van der Waals surface area contributed by atoms with Gasteiger partial charge in [0.1, 0.15) is 23.4 Å². The molecular weight excluding hydrogens is 328 g/mol. The van der Waals surface area contributed by atoms with E-state index in [0.717, 1.165) is 11.5 Å². The first-order valence-electron chi connectivity index (χ1n) is 8.47. The monoisotopic (exact) mass is 346 g/mol. The van der Waals surface area contributed by atoms with Crippen molar-refractivity contribution >= 4 is 5.91 Å². The van der Waals surface area contributed by atoms with Crippen molar-refractivity contribution in [2.45, 2.75) is 6.10 Å². The van der Waals surface area contributed by atoms with Crippen LogP contribution in [0.5, 0.6) is 17.2 Å². The van der Waals surface area contributed by atoms with Gasteiger partial charge in [0.25, 0.3) is 5.91 Å². The number of pyridine rings is 1. The van der Waals surface area contributed by atoms with Gasteiger partial charge in [0.05, 0.1) is 19.3 Å². The lowest BCUT2D eigenvalue weighted by Gasteiger charge is -2.38. The molecule has 5 heteroatoms. The SMILES string of the molecule is O=C(c1ccc(Oc2ccccc2)cc1)N1CC(Oc2cccnc2)C1. The number of carbonyl (C=O) groups is 1. The van der Waals surface area contributed by atoms with Crippen LogP contribution in [-0.2, 0) is 0 Å². The van der Waals surface area contributed by atoms with Crippen LogP contribution in [-0.4, -0.2) is 35.0 Å². The largest absolute Gasteiger partial charge is 0.485 e. The summed E-state index contributed by atoms with van der Waals surface area (Å²) in [6, 6.07) is 20.4. The maximum Gasteiger partial charge on any atom is 0.254 e. The third kappa shape index (κ3) is 3.67. The van der Waals surface area contributed by atoms with Gasteiger partial charge in [0, 0.05) is 11.8 Å². The summed E-state index contributed by atoms with van der Waals surface area (Å²) >= 11 is 0. The van der Waals surface area contributed by atoms with E-state index in [0.29, 0.717) is 24.4 Å². The summed E-state index contributed by atoms with van der Waals surface area (Å²) < 4.78 is 11.5. The van der Waals surface area contributed by atoms with Gasteiger partial charge in [-0.2, -0.15) is 0 Å². The van der Waals surface area contributed by atoms with E-state index in [4.69, 9.17) is 9.47 Å². The van der Waals surface area contributed by atoms with Crippen LogP contribution in [0.3, 0.4) is 0 Å². The molecule has 0 unspecified atom stereocenters. The van der Waals surface area contributed by atoms with Crippen LogP contribution in [0.25, 0.3) is 0 Å². The highest BCUT2D eigenvalue weighted by molar-refractivity contribution is 5.94. The zero-order valence-corrected chi connectivity index (χ0v) is 14.1. The average Bonchev–Trinajstić information content (AvgIpc) is 2.66. The number of hydrogen-bond acceptors (Lipinski definition) is 4. The van der Waals surface area contributed by atoms with E-state index in [1.807, 2.05) is 54.6 Å². The fourth-order valence-corrected chi connectivity index (χ4v) is 2.76. The third-order valence-electron chi connectivity index (χ3n) is 4.15. The molecule has 3 aromatic rings. The maximum atomic E-state index is 12.5. The summed E-state index contributed by atoms with van der Waals surface area (Å²) in [5, 5.41) is 0. The number of amides is 1. The smallest absolute Gasteiger partial charge is 0.254 e. The molecule has 0 radical (unpaired) electrons. The first-order chi connectivity index (χ1) is 12.8. The van der Waals surface area contributed by atoms with Gasteiger partial charge in [0.15, 0.2) is 0 Å². The van der Waals surface area contributed by atoms with Crippen LogP contribution in [0.2, 0.25) is 0 Å². The van der Waals surface area contributed by atoms with Crippen molar-refractivity contribution in [2.24, 2.45) is 0 Å². The number of rotatable bonds is 5. The molecule has 0 bridgehead atoms. The van der Waals surface area contributed by atoms with E-state index < -0.39 is 0 Å². The highest BCUT2D eigenvalue weighted by Crippen LogP contribution is 2.23. The first-order valence-corrected chi connectivity index (χ1v) is 8.47. The van der Waals surface area contributed by atoms with Crippen molar-refractivity contribution in [3.8, 4) is 17.2 Å². The quantitative estimate of drug-likeness (QED) is 0.705. The number of aromatic nitrogens is 1. The number of nitrogens with zero attached hydrogens (tertiary/aromatic N) is 2. The minimum Gasteiger partial charge on any atom is -0.485 e. The molecule has 130 valence electrons. The van der Waals surface area contributed by atoms with Gasteiger partial charge in [0.2, 0.25) is 0 Å². The maximum absolute atomic E-state index is 12.5. The molecule has 0 N–H and O–H groups in total. The fraction of sp³-hybridized carbons (Fsp3) is 0.143. The Labute approximate surface area is 151 Å². The van der Waals surface area contributed by atoms with Crippen LogP contribution in [0.4, 0.5) is 0 Å². The molecule has 1 fully saturated rings.